The molecule has 0 aromatic rings. The summed E-state index contributed by atoms with van der Waals surface area (Å²) in [5.41, 5.74) is -0.0471. The Labute approximate surface area is 103 Å². The lowest BCUT2D eigenvalue weighted by molar-refractivity contribution is -0.136. The van der Waals surface area contributed by atoms with Crippen LogP contribution in [0.1, 0.15) is 46.0 Å². The third-order valence-electron chi connectivity index (χ3n) is 3.41. The van der Waals surface area contributed by atoms with Gasteiger partial charge in [-0.3, -0.25) is 4.79 Å². The maximum absolute atomic E-state index is 11.7. The highest BCUT2D eigenvalue weighted by Gasteiger charge is 2.34. The van der Waals surface area contributed by atoms with Crippen LogP contribution >= 0.6 is 0 Å². The van der Waals surface area contributed by atoms with Crippen LogP contribution in [0.4, 0.5) is 0 Å². The summed E-state index contributed by atoms with van der Waals surface area (Å²) in [5.74, 6) is -1.42. The lowest BCUT2D eigenvalue weighted by Crippen LogP contribution is -2.47. The molecule has 0 saturated heterocycles. The van der Waals surface area contributed by atoms with E-state index in [1.165, 1.54) is 0 Å². The van der Waals surface area contributed by atoms with Gasteiger partial charge in [-0.25, -0.2) is 13.1 Å². The minimum atomic E-state index is -3.48. The molecule has 1 rings (SSSR count). The van der Waals surface area contributed by atoms with Crippen molar-refractivity contribution in [3.8, 4) is 0 Å². The van der Waals surface area contributed by atoms with Crippen LogP contribution in [0, 0.1) is 5.41 Å². The van der Waals surface area contributed by atoms with Crippen molar-refractivity contribution < 1.29 is 18.3 Å². The molecule has 1 atom stereocenters. The predicted octanol–water partition coefficient (Wildman–Crippen LogP) is 1.35. The SMILES string of the molecule is CC1(C)CCCCC1NS(=O)(=O)CCC(=O)O. The van der Waals surface area contributed by atoms with Crippen molar-refractivity contribution in [2.45, 2.75) is 52.0 Å². The molecule has 5 nitrogen and oxygen atoms in total. The minimum absolute atomic E-state index is 0.0471. The Morgan fingerprint density at radius 3 is 2.59 bits per heavy atom. The molecule has 1 fully saturated rings. The van der Waals surface area contributed by atoms with Crippen LogP contribution < -0.4 is 4.72 Å². The molecule has 2 N–H and O–H groups in total. The third-order valence-corrected chi connectivity index (χ3v) is 4.80. The number of nitrogens with one attached hydrogen (secondary N) is 1. The number of hydrogen-bond donors (Lipinski definition) is 2. The van der Waals surface area contributed by atoms with Gasteiger partial charge in [0.05, 0.1) is 12.2 Å². The molecule has 1 aliphatic carbocycles. The maximum Gasteiger partial charge on any atom is 0.304 e. The average Bonchev–Trinajstić information content (AvgIpc) is 2.18. The van der Waals surface area contributed by atoms with E-state index in [0.717, 1.165) is 25.7 Å². The molecule has 100 valence electrons. The number of aliphatic carboxylic acids is 1. The number of hydrogen-bond acceptors (Lipinski definition) is 3. The molecule has 1 unspecified atom stereocenters. The molecule has 0 amide bonds. The summed E-state index contributed by atoms with van der Waals surface area (Å²) in [6, 6.07) is -0.0740. The molecule has 6 heteroatoms. The quantitative estimate of drug-likeness (QED) is 0.784. The van der Waals surface area contributed by atoms with Gasteiger partial charge in [-0.15, -0.1) is 0 Å². The Bertz CT molecular complexity index is 375. The molecule has 17 heavy (non-hydrogen) atoms. The van der Waals surface area contributed by atoms with Gasteiger partial charge in [-0.05, 0) is 18.3 Å². The maximum atomic E-state index is 11.7. The Hall–Kier alpha value is -0.620. The van der Waals surface area contributed by atoms with E-state index in [1.807, 2.05) is 0 Å². The van der Waals surface area contributed by atoms with Crippen molar-refractivity contribution in [3.63, 3.8) is 0 Å². The molecule has 1 saturated carbocycles. The van der Waals surface area contributed by atoms with Crippen molar-refractivity contribution in [1.29, 1.82) is 0 Å². The van der Waals surface area contributed by atoms with Gasteiger partial charge >= 0.3 is 5.97 Å². The minimum Gasteiger partial charge on any atom is -0.481 e. The van der Waals surface area contributed by atoms with E-state index < -0.39 is 16.0 Å². The number of rotatable bonds is 5. The molecule has 0 radical (unpaired) electrons. The van der Waals surface area contributed by atoms with Crippen LogP contribution in [0.25, 0.3) is 0 Å². The number of carbonyl (C=O) groups is 1. The molecule has 0 aliphatic heterocycles. The Kier molecular flexibility index (Phi) is 4.55. The molecule has 1 aliphatic rings. The fourth-order valence-electron chi connectivity index (χ4n) is 2.21. The first-order valence-electron chi connectivity index (χ1n) is 5.95. The topological polar surface area (TPSA) is 83.5 Å². The van der Waals surface area contributed by atoms with Crippen LogP contribution in [0.2, 0.25) is 0 Å². The number of carboxylic acid groups (broad SMARTS) is 1. The number of sulfonamides is 1. The third kappa shape index (κ3) is 4.63. The van der Waals surface area contributed by atoms with E-state index in [4.69, 9.17) is 5.11 Å². The Morgan fingerprint density at radius 2 is 2.06 bits per heavy atom. The zero-order valence-electron chi connectivity index (χ0n) is 10.4. The predicted molar refractivity (Wildman–Crippen MR) is 65.2 cm³/mol. The van der Waals surface area contributed by atoms with Crippen molar-refractivity contribution in [2.24, 2.45) is 5.41 Å². The summed E-state index contributed by atoms with van der Waals surface area (Å²) in [6.07, 6.45) is 3.64. The lowest BCUT2D eigenvalue weighted by atomic mass is 9.74. The van der Waals surface area contributed by atoms with Gasteiger partial charge in [0.25, 0.3) is 0 Å². The molecule has 0 aromatic carbocycles. The van der Waals surface area contributed by atoms with E-state index in [2.05, 4.69) is 18.6 Å². The van der Waals surface area contributed by atoms with Crippen molar-refractivity contribution in [1.82, 2.24) is 4.72 Å². The lowest BCUT2D eigenvalue weighted by Gasteiger charge is -2.38. The normalized spacial score (nSPS) is 24.5. The van der Waals surface area contributed by atoms with Crippen molar-refractivity contribution >= 4 is 16.0 Å². The standard InChI is InChI=1S/C11H21NO4S/c1-11(2)7-4-3-5-9(11)12-17(15,16)8-6-10(13)14/h9,12H,3-8H2,1-2H3,(H,13,14). The van der Waals surface area contributed by atoms with E-state index in [9.17, 15) is 13.2 Å². The van der Waals surface area contributed by atoms with Crippen LogP contribution in [0.15, 0.2) is 0 Å². The van der Waals surface area contributed by atoms with E-state index in [1.54, 1.807) is 0 Å². The number of carboxylic acids is 1. The largest absolute Gasteiger partial charge is 0.481 e. The monoisotopic (exact) mass is 263 g/mol. The van der Waals surface area contributed by atoms with E-state index in [0.29, 0.717) is 0 Å². The zero-order valence-corrected chi connectivity index (χ0v) is 11.2. The Morgan fingerprint density at radius 1 is 1.41 bits per heavy atom. The van der Waals surface area contributed by atoms with Crippen molar-refractivity contribution in [2.75, 3.05) is 5.75 Å². The average molecular weight is 263 g/mol. The van der Waals surface area contributed by atoms with E-state index >= 15 is 0 Å². The smallest absolute Gasteiger partial charge is 0.304 e. The summed E-state index contributed by atoms with van der Waals surface area (Å²) in [5, 5.41) is 8.49. The van der Waals surface area contributed by atoms with Crippen LogP contribution in [0.5, 0.6) is 0 Å². The molecular weight excluding hydrogens is 242 g/mol. The summed E-state index contributed by atoms with van der Waals surface area (Å²) < 4.78 is 26.1. The van der Waals surface area contributed by atoms with Gasteiger partial charge < -0.3 is 5.11 Å². The van der Waals surface area contributed by atoms with Crippen molar-refractivity contribution in [3.05, 3.63) is 0 Å². The summed E-state index contributed by atoms with van der Waals surface area (Å²) >= 11 is 0. The molecular formula is C11H21NO4S. The summed E-state index contributed by atoms with van der Waals surface area (Å²) in [7, 11) is -3.48. The van der Waals surface area contributed by atoms with Crippen LogP contribution in [0.3, 0.4) is 0 Å². The second-order valence-electron chi connectivity index (χ2n) is 5.37. The highest BCUT2D eigenvalue weighted by Crippen LogP contribution is 2.35. The van der Waals surface area contributed by atoms with Gasteiger partial charge in [0.1, 0.15) is 0 Å². The fraction of sp³-hybridized carbons (Fsp3) is 0.909. The molecule has 0 heterocycles. The Balaban J connectivity index is 2.60. The van der Waals surface area contributed by atoms with Gasteiger partial charge in [-0.2, -0.15) is 0 Å². The molecule has 0 spiro atoms. The first-order valence-corrected chi connectivity index (χ1v) is 7.60. The highest BCUT2D eigenvalue weighted by atomic mass is 32.2. The second kappa shape index (κ2) is 5.35. The fourth-order valence-corrected chi connectivity index (χ4v) is 3.64. The van der Waals surface area contributed by atoms with Crippen LogP contribution in [-0.4, -0.2) is 31.3 Å². The first-order chi connectivity index (χ1) is 7.73. The summed E-state index contributed by atoms with van der Waals surface area (Å²) in [6.45, 7) is 4.10. The second-order valence-corrected chi connectivity index (χ2v) is 7.24. The van der Waals surface area contributed by atoms with Gasteiger partial charge in [0.15, 0.2) is 0 Å². The molecule has 0 aromatic heterocycles. The molecule has 0 bridgehead atoms. The zero-order chi connectivity index (χ0) is 13.1. The van der Waals surface area contributed by atoms with Crippen LogP contribution in [-0.2, 0) is 14.8 Å². The summed E-state index contributed by atoms with van der Waals surface area (Å²) in [4.78, 5) is 10.4. The highest BCUT2D eigenvalue weighted by molar-refractivity contribution is 7.89. The van der Waals surface area contributed by atoms with E-state index in [-0.39, 0.29) is 23.6 Å². The first kappa shape index (κ1) is 14.4. The van der Waals surface area contributed by atoms with Gasteiger partial charge in [0, 0.05) is 6.04 Å². The van der Waals surface area contributed by atoms with Gasteiger partial charge in [0.2, 0.25) is 10.0 Å². The van der Waals surface area contributed by atoms with Gasteiger partial charge in [-0.1, -0.05) is 26.7 Å².